The van der Waals surface area contributed by atoms with Gasteiger partial charge >= 0.3 is 0 Å². The number of benzene rings is 1. The van der Waals surface area contributed by atoms with Crippen molar-refractivity contribution in [3.05, 3.63) is 59.5 Å². The van der Waals surface area contributed by atoms with E-state index in [0.29, 0.717) is 14.8 Å². The number of H-pyrrole nitrogens is 1. The minimum Gasteiger partial charge on any atom is -0.313 e. The number of carbonyl (C=O) groups is 1. The van der Waals surface area contributed by atoms with E-state index in [2.05, 4.69) is 4.98 Å². The molecule has 0 aliphatic rings. The van der Waals surface area contributed by atoms with Crippen LogP contribution in [0, 0.1) is 15.5 Å². The summed E-state index contributed by atoms with van der Waals surface area (Å²) in [5.41, 5.74) is -0.131. The van der Waals surface area contributed by atoms with Crippen molar-refractivity contribution in [2.24, 2.45) is 5.41 Å². The highest BCUT2D eigenvalue weighted by molar-refractivity contribution is 7.07. The lowest BCUT2D eigenvalue weighted by atomic mass is 9.91. The largest absolute Gasteiger partial charge is 0.313 e. The molecule has 2 aromatic rings. The number of hydrogen-bond donors (Lipinski definition) is 1. The first-order chi connectivity index (χ1) is 10.7. The van der Waals surface area contributed by atoms with Gasteiger partial charge in [0.25, 0.3) is 11.2 Å². The van der Waals surface area contributed by atoms with E-state index in [9.17, 15) is 19.7 Å². The Hall–Kier alpha value is -2.54. The van der Waals surface area contributed by atoms with Crippen LogP contribution in [-0.2, 0) is 4.79 Å². The van der Waals surface area contributed by atoms with Gasteiger partial charge in [-0.3, -0.25) is 19.7 Å². The molecule has 0 aliphatic carbocycles. The zero-order chi connectivity index (χ0) is 17.2. The van der Waals surface area contributed by atoms with E-state index in [4.69, 9.17) is 0 Å². The molecule has 1 aromatic heterocycles. The number of ketones is 1. The van der Waals surface area contributed by atoms with Gasteiger partial charge in [-0.1, -0.05) is 20.8 Å². The average Bonchev–Trinajstić information content (AvgIpc) is 2.78. The molecule has 23 heavy (non-hydrogen) atoms. The van der Waals surface area contributed by atoms with Gasteiger partial charge < -0.3 is 4.98 Å². The summed E-state index contributed by atoms with van der Waals surface area (Å²) in [5, 5.41) is 10.6. The normalized spacial score (nSPS) is 13.3. The third-order valence-corrected chi connectivity index (χ3v) is 4.05. The Morgan fingerprint density at radius 2 is 1.87 bits per heavy atom. The van der Waals surface area contributed by atoms with Gasteiger partial charge in [0, 0.05) is 23.6 Å². The minimum absolute atomic E-state index is 0.00737. The van der Waals surface area contributed by atoms with Crippen LogP contribution in [0.1, 0.15) is 26.3 Å². The van der Waals surface area contributed by atoms with E-state index in [1.807, 2.05) is 20.8 Å². The Labute approximate surface area is 135 Å². The van der Waals surface area contributed by atoms with Crippen molar-refractivity contribution in [2.75, 3.05) is 0 Å². The quantitative estimate of drug-likeness (QED) is 0.682. The summed E-state index contributed by atoms with van der Waals surface area (Å²) >= 11 is 1.18. The first-order valence-corrected chi connectivity index (χ1v) is 7.70. The molecule has 0 amide bonds. The molecule has 0 atom stereocenters. The lowest BCUT2D eigenvalue weighted by Crippen LogP contribution is -2.22. The number of rotatable bonds is 3. The molecular weight excluding hydrogens is 316 g/mol. The topological polar surface area (TPSA) is 93.1 Å². The van der Waals surface area contributed by atoms with Crippen molar-refractivity contribution < 1.29 is 9.72 Å². The predicted molar refractivity (Wildman–Crippen MR) is 89.8 cm³/mol. The van der Waals surface area contributed by atoms with Crippen LogP contribution in [0.4, 0.5) is 5.69 Å². The van der Waals surface area contributed by atoms with Gasteiger partial charge in [-0.2, -0.15) is 0 Å². The summed E-state index contributed by atoms with van der Waals surface area (Å²) in [4.78, 5) is 36.7. The number of nitrogens with zero attached hydrogens (tertiary/aromatic N) is 1. The van der Waals surface area contributed by atoms with Crippen LogP contribution < -0.4 is 14.8 Å². The van der Waals surface area contributed by atoms with Crippen LogP contribution in [0.3, 0.4) is 0 Å². The van der Waals surface area contributed by atoms with Crippen molar-refractivity contribution in [1.82, 2.24) is 4.98 Å². The Morgan fingerprint density at radius 1 is 1.26 bits per heavy atom. The second-order valence-corrected chi connectivity index (χ2v) is 7.12. The van der Waals surface area contributed by atoms with Crippen molar-refractivity contribution in [2.45, 2.75) is 20.8 Å². The fraction of sp³-hybridized carbons (Fsp3) is 0.250. The van der Waals surface area contributed by atoms with Crippen LogP contribution >= 0.6 is 11.3 Å². The number of aromatic amines is 1. The molecule has 0 saturated heterocycles. The molecule has 0 unspecified atom stereocenters. The number of Topliss-reactive ketones (excluding diaryl/α,β-unsaturated/α-hetero) is 1. The van der Waals surface area contributed by atoms with Gasteiger partial charge in [0.2, 0.25) is 0 Å². The zero-order valence-electron chi connectivity index (χ0n) is 13.0. The maximum atomic E-state index is 12.0. The number of thiazole rings is 1. The molecule has 1 heterocycles. The second-order valence-electron chi connectivity index (χ2n) is 6.04. The van der Waals surface area contributed by atoms with Crippen molar-refractivity contribution in [1.29, 1.82) is 0 Å². The maximum Gasteiger partial charge on any atom is 0.269 e. The smallest absolute Gasteiger partial charge is 0.269 e. The zero-order valence-corrected chi connectivity index (χ0v) is 13.8. The Balaban J connectivity index is 2.42. The lowest BCUT2D eigenvalue weighted by Gasteiger charge is -2.12. The second kappa shape index (κ2) is 6.29. The average molecular weight is 332 g/mol. The third-order valence-electron chi connectivity index (χ3n) is 3.08. The van der Waals surface area contributed by atoms with E-state index in [-0.39, 0.29) is 17.0 Å². The standard InChI is InChI=1S/C16H16N2O4S/c1-16(2,3)13(19)9-14-17-15(20)12(23-14)8-10-4-6-11(7-5-10)18(21)22/h4-9H,1-3H3,(H,17,20)/b12-8-,14-9+. The fourth-order valence-electron chi connectivity index (χ4n) is 1.70. The Kier molecular flexibility index (Phi) is 4.60. The van der Waals surface area contributed by atoms with Crippen LogP contribution in [0.15, 0.2) is 29.1 Å². The number of nitro benzene ring substituents is 1. The van der Waals surface area contributed by atoms with Crippen LogP contribution in [-0.4, -0.2) is 15.7 Å². The molecule has 7 heteroatoms. The first kappa shape index (κ1) is 16.8. The van der Waals surface area contributed by atoms with Crippen molar-refractivity contribution in [3.63, 3.8) is 0 Å². The van der Waals surface area contributed by atoms with E-state index >= 15 is 0 Å². The van der Waals surface area contributed by atoms with Gasteiger partial charge in [-0.15, -0.1) is 11.3 Å². The number of hydrogen-bond acceptors (Lipinski definition) is 5. The highest BCUT2D eigenvalue weighted by Crippen LogP contribution is 2.14. The lowest BCUT2D eigenvalue weighted by molar-refractivity contribution is -0.384. The summed E-state index contributed by atoms with van der Waals surface area (Å²) in [6.45, 7) is 5.42. The molecule has 0 radical (unpaired) electrons. The van der Waals surface area contributed by atoms with E-state index in [0.717, 1.165) is 0 Å². The van der Waals surface area contributed by atoms with E-state index in [1.165, 1.54) is 29.5 Å². The summed E-state index contributed by atoms with van der Waals surface area (Å²) in [6, 6.07) is 5.90. The van der Waals surface area contributed by atoms with E-state index < -0.39 is 10.3 Å². The SMILES string of the molecule is CC(C)(C)C(=O)/C=c1\[nH]c(=O)/c(=C/c2ccc([N+](=O)[O-])cc2)s1. The predicted octanol–water partition coefficient (Wildman–Crippen LogP) is 1.57. The van der Waals surface area contributed by atoms with E-state index in [1.54, 1.807) is 18.2 Å². The van der Waals surface area contributed by atoms with Crippen LogP contribution in [0.2, 0.25) is 0 Å². The van der Waals surface area contributed by atoms with Crippen molar-refractivity contribution in [3.8, 4) is 0 Å². The maximum absolute atomic E-state index is 12.0. The molecule has 0 bridgehead atoms. The van der Waals surface area contributed by atoms with Gasteiger partial charge in [0.1, 0.15) is 0 Å². The molecule has 0 spiro atoms. The monoisotopic (exact) mass is 332 g/mol. The summed E-state index contributed by atoms with van der Waals surface area (Å²) in [6.07, 6.45) is 3.06. The number of nitrogens with one attached hydrogen (secondary N) is 1. The first-order valence-electron chi connectivity index (χ1n) is 6.88. The minimum atomic E-state index is -0.511. The molecule has 120 valence electrons. The van der Waals surface area contributed by atoms with Crippen LogP contribution in [0.5, 0.6) is 0 Å². The Bertz CT molecular complexity index is 915. The molecular formula is C16H16N2O4S. The number of carbonyl (C=O) groups excluding carboxylic acids is 1. The summed E-state index contributed by atoms with van der Waals surface area (Å²) in [7, 11) is 0. The molecule has 2 rings (SSSR count). The molecule has 1 N–H and O–H groups in total. The fourth-order valence-corrected chi connectivity index (χ4v) is 2.59. The van der Waals surface area contributed by atoms with Gasteiger partial charge in [-0.25, -0.2) is 0 Å². The number of non-ortho nitro benzene ring substituents is 1. The number of nitro groups is 1. The molecule has 1 aromatic carbocycles. The van der Waals surface area contributed by atoms with Gasteiger partial charge in [0.15, 0.2) is 5.78 Å². The van der Waals surface area contributed by atoms with Crippen molar-refractivity contribution >= 4 is 35.0 Å². The summed E-state index contributed by atoms with van der Waals surface area (Å²) in [5.74, 6) is -0.0723. The van der Waals surface area contributed by atoms with Gasteiger partial charge in [0.05, 0.1) is 14.1 Å². The highest BCUT2D eigenvalue weighted by atomic mass is 32.1. The van der Waals surface area contributed by atoms with Crippen LogP contribution in [0.25, 0.3) is 12.2 Å². The number of aromatic nitrogens is 1. The Morgan fingerprint density at radius 3 is 2.39 bits per heavy atom. The molecule has 0 aliphatic heterocycles. The molecule has 0 saturated carbocycles. The highest BCUT2D eigenvalue weighted by Gasteiger charge is 2.18. The molecule has 0 fully saturated rings. The third kappa shape index (κ3) is 4.23. The summed E-state index contributed by atoms with van der Waals surface area (Å²) < 4.78 is 0.926. The molecule has 6 nitrogen and oxygen atoms in total. The van der Waals surface area contributed by atoms with Gasteiger partial charge in [-0.05, 0) is 23.8 Å².